The lowest BCUT2D eigenvalue weighted by Crippen LogP contribution is -2.13. The van der Waals surface area contributed by atoms with Crippen molar-refractivity contribution >= 4 is 46.1 Å². The maximum Gasteiger partial charge on any atom is 0.336 e. The minimum Gasteiger partial charge on any atom is -0.494 e. The number of methoxy groups -OCH3 is 2. The first-order chi connectivity index (χ1) is 25.6. The first-order valence-electron chi connectivity index (χ1n) is 16.7. The summed E-state index contributed by atoms with van der Waals surface area (Å²) < 4.78 is 15.0. The van der Waals surface area contributed by atoms with Crippen LogP contribution < -0.4 is 20.9 Å². The second-order valence-electron chi connectivity index (χ2n) is 11.9. The number of benzene rings is 4. The summed E-state index contributed by atoms with van der Waals surface area (Å²) >= 11 is 0. The largest absolute Gasteiger partial charge is 0.494 e. The number of nitrogens with zero attached hydrogens (tertiary/aromatic N) is 4. The molecule has 2 amide bonds. The molecular weight excluding hydrogens is 680 g/mol. The Morgan fingerprint density at radius 2 is 1.15 bits per heavy atom. The van der Waals surface area contributed by atoms with Crippen LogP contribution in [-0.2, 0) is 25.9 Å². The number of carboxylic acids is 1. The van der Waals surface area contributed by atoms with Crippen LogP contribution in [0.25, 0.3) is 44.8 Å². The van der Waals surface area contributed by atoms with Crippen molar-refractivity contribution in [1.29, 1.82) is 0 Å². The summed E-state index contributed by atoms with van der Waals surface area (Å²) in [6.07, 6.45) is 2.14. The Bertz CT molecular complexity index is 2390. The summed E-state index contributed by atoms with van der Waals surface area (Å²) in [5.74, 6) is -1.40. The van der Waals surface area contributed by atoms with Crippen LogP contribution in [-0.4, -0.2) is 74.7 Å². The van der Waals surface area contributed by atoms with Gasteiger partial charge in [0.2, 0.25) is 0 Å². The smallest absolute Gasteiger partial charge is 0.336 e. The molecule has 0 aliphatic rings. The number of aldehydes is 1. The molecule has 14 nitrogen and oxygen atoms in total. The average Bonchev–Trinajstić information content (AvgIpc) is 3.74. The number of aromatic nitrogens is 4. The van der Waals surface area contributed by atoms with Gasteiger partial charge in [0, 0.05) is 36.9 Å². The second-order valence-corrected chi connectivity index (χ2v) is 11.9. The highest BCUT2D eigenvalue weighted by atomic mass is 16.5. The minimum absolute atomic E-state index is 0.0594. The van der Waals surface area contributed by atoms with Gasteiger partial charge in [-0.1, -0.05) is 38.1 Å². The average molecular weight is 721 g/mol. The molecule has 0 saturated heterocycles. The van der Waals surface area contributed by atoms with E-state index in [-0.39, 0.29) is 41.3 Å². The van der Waals surface area contributed by atoms with E-state index in [1.54, 1.807) is 36.4 Å². The molecule has 0 atom stereocenters. The Balaban J connectivity index is 0.00000266. The molecule has 0 unspecified atom stereocenters. The fraction of sp³-hybridized carbons (Fsp3) is 0.231. The van der Waals surface area contributed by atoms with Crippen molar-refractivity contribution in [2.75, 3.05) is 21.3 Å². The SMILES string of the molecule is CCc1ccc(-c2nc3c(OC)c(C(N)=O)ccc3n2CCn2c(-c3ccc(CC)cc3C(=O)O)nc3c(OC)c(C(N)=O)ccc32)c(C=O)c1.CO. The zero-order chi connectivity index (χ0) is 38.6. The molecule has 53 heavy (non-hydrogen) atoms. The lowest BCUT2D eigenvalue weighted by atomic mass is 10.0. The van der Waals surface area contributed by atoms with Gasteiger partial charge in [-0.15, -0.1) is 0 Å². The number of aromatic carboxylic acids is 1. The predicted molar refractivity (Wildman–Crippen MR) is 200 cm³/mol. The molecule has 6 N–H and O–H groups in total. The number of carboxylic acid groups (broad SMARTS) is 1. The maximum absolute atomic E-state index is 12.6. The number of aliphatic hydroxyl groups excluding tert-OH is 1. The van der Waals surface area contributed by atoms with E-state index in [9.17, 15) is 24.3 Å². The molecule has 0 aliphatic heterocycles. The molecule has 6 aromatic rings. The fourth-order valence-corrected chi connectivity index (χ4v) is 6.52. The number of nitrogens with two attached hydrogens (primary N) is 2. The van der Waals surface area contributed by atoms with Gasteiger partial charge in [0.15, 0.2) is 17.8 Å². The Hall–Kier alpha value is -6.54. The summed E-state index contributed by atoms with van der Waals surface area (Å²) in [6, 6.07) is 17.3. The number of amides is 2. The zero-order valence-electron chi connectivity index (χ0n) is 30.0. The number of rotatable bonds is 13. The third-order valence-electron chi connectivity index (χ3n) is 9.09. The van der Waals surface area contributed by atoms with Gasteiger partial charge in [-0.2, -0.15) is 0 Å². The molecule has 2 aromatic heterocycles. The van der Waals surface area contributed by atoms with Gasteiger partial charge in [-0.05, 0) is 60.4 Å². The minimum atomic E-state index is -1.12. The van der Waals surface area contributed by atoms with Gasteiger partial charge in [-0.3, -0.25) is 14.4 Å². The molecule has 0 radical (unpaired) electrons. The summed E-state index contributed by atoms with van der Waals surface area (Å²) in [5, 5.41) is 17.3. The number of ether oxygens (including phenoxy) is 2. The highest BCUT2D eigenvalue weighted by Crippen LogP contribution is 2.37. The number of primary amides is 2. The van der Waals surface area contributed by atoms with Gasteiger partial charge in [0.25, 0.3) is 11.8 Å². The van der Waals surface area contributed by atoms with Crippen molar-refractivity contribution in [2.45, 2.75) is 39.8 Å². The van der Waals surface area contributed by atoms with Crippen LogP contribution in [0.2, 0.25) is 0 Å². The number of aryl methyl sites for hydroxylation is 4. The van der Waals surface area contributed by atoms with Crippen LogP contribution in [0, 0.1) is 0 Å². The van der Waals surface area contributed by atoms with E-state index in [0.29, 0.717) is 56.8 Å². The molecule has 0 bridgehead atoms. The third-order valence-corrected chi connectivity index (χ3v) is 9.09. The topological polar surface area (TPSA) is 215 Å². The number of fused-ring (bicyclic) bond motifs is 2. The van der Waals surface area contributed by atoms with Crippen molar-refractivity contribution in [3.63, 3.8) is 0 Å². The van der Waals surface area contributed by atoms with Crippen molar-refractivity contribution in [3.8, 4) is 34.3 Å². The Morgan fingerprint density at radius 3 is 1.57 bits per heavy atom. The molecule has 0 saturated carbocycles. The molecule has 14 heteroatoms. The quantitative estimate of drug-likeness (QED) is 0.119. The molecule has 0 aliphatic carbocycles. The number of aliphatic hydroxyl groups is 1. The normalized spacial score (nSPS) is 10.9. The first-order valence-corrected chi connectivity index (χ1v) is 16.7. The van der Waals surface area contributed by atoms with Gasteiger partial charge in [0.05, 0.1) is 41.9 Å². The van der Waals surface area contributed by atoms with E-state index in [1.165, 1.54) is 14.2 Å². The molecular formula is C39H40N6O8. The predicted octanol–water partition coefficient (Wildman–Crippen LogP) is 4.88. The third kappa shape index (κ3) is 6.79. The summed E-state index contributed by atoms with van der Waals surface area (Å²) in [6.45, 7) is 4.37. The Morgan fingerprint density at radius 1 is 0.698 bits per heavy atom. The van der Waals surface area contributed by atoms with E-state index in [2.05, 4.69) is 0 Å². The molecule has 2 heterocycles. The summed E-state index contributed by atoms with van der Waals surface area (Å²) in [4.78, 5) is 59.4. The standard InChI is InChI=1S/C38H36N6O7.CH4O/c1-5-20-7-9-23(22(17-20)19-45)36-41-30-28(13-11-25(34(39)46)32(30)50-3)43(36)15-16-44-29-14-12-26(35(40)47)33(51-4)31(29)42-37(44)24-10-8-21(6-2)18-27(24)38(48)49;1-2/h7-14,17-19H,5-6,15-16H2,1-4H3,(H2,39,46)(H2,40,47)(H,48,49);2H,1H3. The van der Waals surface area contributed by atoms with E-state index in [1.807, 2.05) is 47.2 Å². The Labute approximate surface area is 304 Å². The van der Waals surface area contributed by atoms with Crippen LogP contribution in [0.1, 0.15) is 66.4 Å². The number of hydrogen-bond donors (Lipinski definition) is 4. The van der Waals surface area contributed by atoms with Crippen molar-refractivity contribution < 1.29 is 38.9 Å². The van der Waals surface area contributed by atoms with Crippen molar-refractivity contribution in [1.82, 2.24) is 19.1 Å². The number of carbonyl (C=O) groups excluding carboxylic acids is 3. The monoisotopic (exact) mass is 720 g/mol. The lowest BCUT2D eigenvalue weighted by Gasteiger charge is -2.16. The summed E-state index contributed by atoms with van der Waals surface area (Å²) in [7, 11) is 3.83. The van der Waals surface area contributed by atoms with Gasteiger partial charge >= 0.3 is 5.97 Å². The molecule has 6 rings (SSSR count). The first kappa shape index (κ1) is 37.7. The van der Waals surface area contributed by atoms with Crippen LogP contribution in [0.5, 0.6) is 11.5 Å². The maximum atomic E-state index is 12.6. The van der Waals surface area contributed by atoms with Gasteiger partial charge in [-0.25, -0.2) is 14.8 Å². The van der Waals surface area contributed by atoms with E-state index < -0.39 is 17.8 Å². The number of imidazole rings is 2. The van der Waals surface area contributed by atoms with E-state index >= 15 is 0 Å². The van der Waals surface area contributed by atoms with Gasteiger partial charge < -0.3 is 40.3 Å². The Kier molecular flexibility index (Phi) is 11.2. The fourth-order valence-electron chi connectivity index (χ4n) is 6.52. The van der Waals surface area contributed by atoms with Crippen LogP contribution in [0.3, 0.4) is 0 Å². The number of hydrogen-bond acceptors (Lipinski definition) is 9. The van der Waals surface area contributed by atoms with Crippen molar-refractivity contribution in [2.24, 2.45) is 11.5 Å². The highest BCUT2D eigenvalue weighted by Gasteiger charge is 2.26. The number of carbonyl (C=O) groups is 4. The van der Waals surface area contributed by atoms with Crippen LogP contribution in [0.15, 0.2) is 60.7 Å². The van der Waals surface area contributed by atoms with Gasteiger partial charge in [0.1, 0.15) is 22.7 Å². The highest BCUT2D eigenvalue weighted by molar-refractivity contribution is 6.04. The van der Waals surface area contributed by atoms with Crippen molar-refractivity contribution in [3.05, 3.63) is 94.0 Å². The summed E-state index contributed by atoms with van der Waals surface area (Å²) in [5.41, 5.74) is 16.7. The van der Waals surface area contributed by atoms with Crippen LogP contribution in [0.4, 0.5) is 0 Å². The lowest BCUT2D eigenvalue weighted by molar-refractivity contribution is 0.0696. The van der Waals surface area contributed by atoms with E-state index in [4.69, 9.17) is 36.0 Å². The second kappa shape index (κ2) is 15.8. The molecule has 274 valence electrons. The molecule has 0 spiro atoms. The molecule has 4 aromatic carbocycles. The molecule has 0 fully saturated rings. The van der Waals surface area contributed by atoms with E-state index in [0.717, 1.165) is 30.9 Å². The van der Waals surface area contributed by atoms with Crippen LogP contribution >= 0.6 is 0 Å². The zero-order valence-corrected chi connectivity index (χ0v) is 30.0.